The fourth-order valence-electron chi connectivity index (χ4n) is 4.69. The minimum absolute atomic E-state index is 0.0239. The lowest BCUT2D eigenvalue weighted by molar-refractivity contribution is -0.151. The molecule has 1 saturated heterocycles. The molecule has 0 aromatic heterocycles. The topological polar surface area (TPSA) is 88.5 Å². The summed E-state index contributed by atoms with van der Waals surface area (Å²) < 4.78 is 10.5. The summed E-state index contributed by atoms with van der Waals surface area (Å²) in [4.78, 5) is 46.8. The molecule has 0 saturated carbocycles. The lowest BCUT2D eigenvalue weighted by Gasteiger charge is -2.37. The number of thioether (sulfide) groups is 1. The van der Waals surface area contributed by atoms with Gasteiger partial charge in [-0.2, -0.15) is 0 Å². The van der Waals surface area contributed by atoms with Gasteiger partial charge in [0.1, 0.15) is 0 Å². The van der Waals surface area contributed by atoms with Crippen molar-refractivity contribution >= 4 is 46.4 Å². The zero-order chi connectivity index (χ0) is 25.8. The van der Waals surface area contributed by atoms with Gasteiger partial charge in [-0.25, -0.2) is 9.79 Å². The van der Waals surface area contributed by atoms with Crippen LogP contribution in [0.25, 0.3) is 0 Å². The van der Waals surface area contributed by atoms with Gasteiger partial charge in [0.05, 0.1) is 42.9 Å². The number of carbonyl (C=O) groups is 3. The van der Waals surface area contributed by atoms with Crippen LogP contribution in [0.5, 0.6) is 0 Å². The molecule has 36 heavy (non-hydrogen) atoms. The summed E-state index contributed by atoms with van der Waals surface area (Å²) in [5, 5.41) is 3.23. The predicted octanol–water partition coefficient (Wildman–Crippen LogP) is 4.67. The normalized spacial score (nSPS) is 20.1. The number of benzene rings is 1. The third-order valence-corrected chi connectivity index (χ3v) is 7.62. The Balaban J connectivity index is 1.55. The van der Waals surface area contributed by atoms with Crippen molar-refractivity contribution in [3.05, 3.63) is 57.2 Å². The average Bonchev–Trinajstić information content (AvgIpc) is 3.25. The highest BCUT2D eigenvalue weighted by molar-refractivity contribution is 8.16. The van der Waals surface area contributed by atoms with Gasteiger partial charge in [-0.15, -0.1) is 0 Å². The third kappa shape index (κ3) is 5.47. The van der Waals surface area contributed by atoms with Gasteiger partial charge in [-0.1, -0.05) is 35.5 Å². The average molecular weight is 532 g/mol. The van der Waals surface area contributed by atoms with E-state index in [-0.39, 0.29) is 30.8 Å². The van der Waals surface area contributed by atoms with Crippen LogP contribution in [0.1, 0.15) is 51.6 Å². The summed E-state index contributed by atoms with van der Waals surface area (Å²) in [7, 11) is 0. The summed E-state index contributed by atoms with van der Waals surface area (Å²) in [6.45, 7) is 7.00. The molecule has 1 amide bonds. The maximum absolute atomic E-state index is 13.3. The molecular weight excluding hydrogens is 502 g/mol. The molecule has 1 aromatic carbocycles. The predicted molar refractivity (Wildman–Crippen MR) is 139 cm³/mol. The van der Waals surface area contributed by atoms with Gasteiger partial charge in [0.15, 0.2) is 5.17 Å². The first kappa shape index (κ1) is 26.3. The minimum Gasteiger partial charge on any atom is -0.466 e. The van der Waals surface area contributed by atoms with Crippen LogP contribution in [-0.2, 0) is 23.9 Å². The number of hydrogen-bond acceptors (Lipinski definition) is 8. The number of halogens is 1. The largest absolute Gasteiger partial charge is 0.466 e. The first-order chi connectivity index (χ1) is 17.3. The molecule has 0 aliphatic carbocycles. The smallest absolute Gasteiger partial charge is 0.338 e. The number of allylic oxidation sites excluding steroid dienone is 1. The quantitative estimate of drug-likeness (QED) is 0.472. The number of likely N-dealkylation sites (tertiary alicyclic amines) is 1. The van der Waals surface area contributed by atoms with E-state index in [1.807, 2.05) is 22.4 Å². The van der Waals surface area contributed by atoms with Gasteiger partial charge in [0, 0.05) is 23.8 Å². The molecule has 0 radical (unpaired) electrons. The molecule has 4 rings (SSSR count). The standard InChI is InChI=1S/C26H30ClN3O5S/c1-4-34-24(32)18-10-12-29(13-11-18)21(31)14-20-15-36-26-28-16(3)22(25(33)35-5-2)23(30(20)26)17-6-8-19(27)9-7-17/h6-9,15,18,23H,4-5,10-14H2,1-3H3. The van der Waals surface area contributed by atoms with Gasteiger partial charge >= 0.3 is 11.9 Å². The molecule has 0 N–H and O–H groups in total. The monoisotopic (exact) mass is 531 g/mol. The molecule has 3 aliphatic rings. The van der Waals surface area contributed by atoms with Gasteiger partial charge in [-0.05, 0) is 56.7 Å². The highest BCUT2D eigenvalue weighted by Crippen LogP contribution is 2.45. The fourth-order valence-corrected chi connectivity index (χ4v) is 5.78. The number of amides is 1. The van der Waals surface area contributed by atoms with Crippen LogP contribution in [0.4, 0.5) is 0 Å². The number of fused-ring (bicyclic) bond motifs is 1. The van der Waals surface area contributed by atoms with Crippen LogP contribution >= 0.6 is 23.4 Å². The molecule has 1 unspecified atom stereocenters. The van der Waals surface area contributed by atoms with Crippen molar-refractivity contribution in [2.24, 2.45) is 10.9 Å². The number of carbonyl (C=O) groups excluding carboxylic acids is 3. The Hall–Kier alpha value is -2.78. The van der Waals surface area contributed by atoms with Crippen LogP contribution in [0, 0.1) is 5.92 Å². The number of nitrogens with zero attached hydrogens (tertiary/aromatic N) is 3. The lowest BCUT2D eigenvalue weighted by Crippen LogP contribution is -2.42. The molecule has 1 aromatic rings. The molecule has 3 aliphatic heterocycles. The number of aliphatic imine (C=N–C) groups is 1. The van der Waals surface area contributed by atoms with E-state index in [2.05, 4.69) is 4.99 Å². The van der Waals surface area contributed by atoms with E-state index in [1.54, 1.807) is 37.8 Å². The van der Waals surface area contributed by atoms with Crippen molar-refractivity contribution in [1.82, 2.24) is 9.80 Å². The highest BCUT2D eigenvalue weighted by Gasteiger charge is 2.41. The first-order valence-electron chi connectivity index (χ1n) is 12.1. The van der Waals surface area contributed by atoms with Gasteiger partial charge in [0.2, 0.25) is 5.91 Å². The number of hydrogen-bond donors (Lipinski definition) is 0. The van der Waals surface area contributed by atoms with E-state index in [0.717, 1.165) is 11.3 Å². The number of piperidine rings is 1. The van der Waals surface area contributed by atoms with Gasteiger partial charge < -0.3 is 19.3 Å². The van der Waals surface area contributed by atoms with Crippen LogP contribution in [-0.4, -0.2) is 59.1 Å². The maximum atomic E-state index is 13.3. The van der Waals surface area contributed by atoms with Crippen molar-refractivity contribution in [2.75, 3.05) is 26.3 Å². The molecule has 10 heteroatoms. The Bertz CT molecular complexity index is 1120. The molecule has 3 heterocycles. The molecular formula is C26H30ClN3O5S. The molecule has 192 valence electrons. The van der Waals surface area contributed by atoms with Crippen molar-refractivity contribution in [3.8, 4) is 0 Å². The van der Waals surface area contributed by atoms with Crippen LogP contribution in [0.15, 0.2) is 51.6 Å². The Morgan fingerprint density at radius 2 is 1.75 bits per heavy atom. The Labute approximate surface area is 220 Å². The second-order valence-corrected chi connectivity index (χ2v) is 10.0. The number of rotatable bonds is 7. The number of ether oxygens (including phenoxy) is 2. The molecule has 8 nitrogen and oxygen atoms in total. The van der Waals surface area contributed by atoms with E-state index in [0.29, 0.717) is 54.0 Å². The summed E-state index contributed by atoms with van der Waals surface area (Å²) in [6.07, 6.45) is 1.35. The Morgan fingerprint density at radius 1 is 1.08 bits per heavy atom. The summed E-state index contributed by atoms with van der Waals surface area (Å²) in [5.74, 6) is -0.802. The first-order valence-corrected chi connectivity index (χ1v) is 13.4. The zero-order valence-electron chi connectivity index (χ0n) is 20.7. The summed E-state index contributed by atoms with van der Waals surface area (Å²) in [6, 6.07) is 6.84. The third-order valence-electron chi connectivity index (χ3n) is 6.48. The van der Waals surface area contributed by atoms with Crippen molar-refractivity contribution in [3.63, 3.8) is 0 Å². The molecule has 1 fully saturated rings. The maximum Gasteiger partial charge on any atom is 0.338 e. The van der Waals surface area contributed by atoms with Crippen molar-refractivity contribution < 1.29 is 23.9 Å². The summed E-state index contributed by atoms with van der Waals surface area (Å²) in [5.41, 5.74) is 2.66. The van der Waals surface area contributed by atoms with E-state index >= 15 is 0 Å². The Kier molecular flexibility index (Phi) is 8.41. The molecule has 0 spiro atoms. The second kappa shape index (κ2) is 11.5. The van der Waals surface area contributed by atoms with E-state index in [9.17, 15) is 14.4 Å². The van der Waals surface area contributed by atoms with Crippen molar-refractivity contribution in [2.45, 2.75) is 46.1 Å². The Morgan fingerprint density at radius 3 is 2.39 bits per heavy atom. The lowest BCUT2D eigenvalue weighted by atomic mass is 9.93. The molecule has 1 atom stereocenters. The zero-order valence-corrected chi connectivity index (χ0v) is 22.2. The van der Waals surface area contributed by atoms with Crippen molar-refractivity contribution in [1.29, 1.82) is 0 Å². The number of esters is 2. The van der Waals surface area contributed by atoms with E-state index in [1.165, 1.54) is 11.8 Å². The SMILES string of the molecule is CCOC(=O)C1=C(C)N=C2SC=C(CC(=O)N3CCC(C(=O)OCC)CC3)N2C1c1ccc(Cl)cc1. The van der Waals surface area contributed by atoms with E-state index in [4.69, 9.17) is 21.1 Å². The van der Waals surface area contributed by atoms with Gasteiger partial charge in [0.25, 0.3) is 0 Å². The highest BCUT2D eigenvalue weighted by atomic mass is 35.5. The number of amidine groups is 1. The molecule has 0 bridgehead atoms. The summed E-state index contributed by atoms with van der Waals surface area (Å²) >= 11 is 7.57. The van der Waals surface area contributed by atoms with Crippen LogP contribution in [0.2, 0.25) is 5.02 Å². The fraction of sp³-hybridized carbons (Fsp3) is 0.462. The minimum atomic E-state index is -0.489. The second-order valence-electron chi connectivity index (χ2n) is 8.75. The van der Waals surface area contributed by atoms with Gasteiger partial charge in [-0.3, -0.25) is 9.59 Å². The van der Waals surface area contributed by atoms with Crippen LogP contribution < -0.4 is 0 Å². The van der Waals surface area contributed by atoms with Crippen LogP contribution in [0.3, 0.4) is 0 Å². The van der Waals surface area contributed by atoms with E-state index < -0.39 is 12.0 Å².